The molecule has 0 radical (unpaired) electrons. The van der Waals surface area contributed by atoms with Crippen molar-refractivity contribution in [2.45, 2.75) is 30.6 Å². The number of nitrogens with two attached hydrogens (primary N) is 1. The molecule has 1 aliphatic heterocycles. The molecular weight excluding hydrogens is 364 g/mol. The van der Waals surface area contributed by atoms with Crippen molar-refractivity contribution in [2.24, 2.45) is 5.14 Å². The molecule has 1 aromatic heterocycles. The average Bonchev–Trinajstić information content (AvgIpc) is 2.68. The zero-order chi connectivity index (χ0) is 19.3. The summed E-state index contributed by atoms with van der Waals surface area (Å²) in [6.07, 6.45) is 5.84. The molecule has 0 saturated carbocycles. The zero-order valence-corrected chi connectivity index (χ0v) is 15.9. The number of hydrogen-bond donors (Lipinski definition) is 2. The first-order valence-corrected chi connectivity index (χ1v) is 10.6. The number of benzene rings is 1. The van der Waals surface area contributed by atoms with E-state index in [1.165, 1.54) is 31.4 Å². The second-order valence-corrected chi connectivity index (χ2v) is 8.21. The number of pyridine rings is 1. The summed E-state index contributed by atoms with van der Waals surface area (Å²) in [4.78, 5) is 19.0. The molecule has 8 heteroatoms. The number of carbonyl (C=O) groups excluding carboxylic acids is 1. The summed E-state index contributed by atoms with van der Waals surface area (Å²) in [5, 5.41) is 7.93. The highest BCUT2D eigenvalue weighted by atomic mass is 32.2. The van der Waals surface area contributed by atoms with Gasteiger partial charge in [0, 0.05) is 25.8 Å². The number of sulfonamides is 1. The topological polar surface area (TPSA) is 105 Å². The van der Waals surface area contributed by atoms with Gasteiger partial charge in [0.15, 0.2) is 0 Å². The maximum absolute atomic E-state index is 12.2. The van der Waals surface area contributed by atoms with Crippen molar-refractivity contribution in [1.29, 1.82) is 0 Å². The lowest BCUT2D eigenvalue weighted by atomic mass is 10.1. The number of nitrogens with zero attached hydrogens (tertiary/aromatic N) is 2. The quantitative estimate of drug-likeness (QED) is 0.783. The molecule has 3 N–H and O–H groups in total. The largest absolute Gasteiger partial charge is 0.357 e. The van der Waals surface area contributed by atoms with E-state index in [2.05, 4.69) is 15.2 Å². The lowest BCUT2D eigenvalue weighted by molar-refractivity contribution is 0.0954. The van der Waals surface area contributed by atoms with Crippen LogP contribution in [0.4, 0.5) is 5.82 Å². The second kappa shape index (κ2) is 8.49. The number of piperidine rings is 1. The fraction of sp³-hybridized carbons (Fsp3) is 0.368. The molecule has 0 spiro atoms. The minimum absolute atomic E-state index is 0.0788. The van der Waals surface area contributed by atoms with Crippen LogP contribution in [0.2, 0.25) is 0 Å². The monoisotopic (exact) mass is 388 g/mol. The number of nitrogens with one attached hydrogen (secondary N) is 1. The highest BCUT2D eigenvalue weighted by Gasteiger charge is 2.13. The van der Waals surface area contributed by atoms with Crippen molar-refractivity contribution in [2.75, 3.05) is 24.5 Å². The maximum Gasteiger partial charge on any atom is 0.252 e. The normalized spacial score (nSPS) is 14.8. The van der Waals surface area contributed by atoms with Crippen LogP contribution in [0.3, 0.4) is 0 Å². The number of hydrogen-bond acceptors (Lipinski definition) is 5. The molecule has 2 aromatic rings. The van der Waals surface area contributed by atoms with Crippen LogP contribution < -0.4 is 15.4 Å². The third kappa shape index (κ3) is 5.27. The molecule has 1 saturated heterocycles. The summed E-state index contributed by atoms with van der Waals surface area (Å²) >= 11 is 0. The van der Waals surface area contributed by atoms with E-state index in [9.17, 15) is 13.2 Å². The summed E-state index contributed by atoms with van der Waals surface area (Å²) in [7, 11) is -3.68. The van der Waals surface area contributed by atoms with Crippen molar-refractivity contribution >= 4 is 21.7 Å². The molecule has 2 heterocycles. The third-order valence-corrected chi connectivity index (χ3v) is 5.57. The lowest BCUT2D eigenvalue weighted by Crippen LogP contribution is -2.30. The average molecular weight is 388 g/mol. The van der Waals surface area contributed by atoms with Crippen LogP contribution in [-0.4, -0.2) is 38.9 Å². The van der Waals surface area contributed by atoms with Gasteiger partial charge in [-0.05, 0) is 55.5 Å². The van der Waals surface area contributed by atoms with Crippen molar-refractivity contribution in [1.82, 2.24) is 10.3 Å². The minimum atomic E-state index is -3.68. The van der Waals surface area contributed by atoms with Crippen LogP contribution in [0, 0.1) is 0 Å². The summed E-state index contributed by atoms with van der Waals surface area (Å²) in [6, 6.07) is 10.0. The van der Waals surface area contributed by atoms with Crippen molar-refractivity contribution in [3.8, 4) is 0 Å². The van der Waals surface area contributed by atoms with Gasteiger partial charge < -0.3 is 10.2 Å². The highest BCUT2D eigenvalue weighted by Crippen LogP contribution is 2.17. The molecular formula is C19H24N4O3S. The number of carbonyl (C=O) groups is 1. The fourth-order valence-electron chi connectivity index (χ4n) is 3.10. The smallest absolute Gasteiger partial charge is 0.252 e. The van der Waals surface area contributed by atoms with Crippen molar-refractivity contribution in [3.05, 3.63) is 53.7 Å². The molecule has 144 valence electrons. The van der Waals surface area contributed by atoms with Crippen LogP contribution >= 0.6 is 0 Å². The summed E-state index contributed by atoms with van der Waals surface area (Å²) < 4.78 is 22.5. The Labute approximate surface area is 159 Å². The predicted octanol–water partition coefficient (Wildman–Crippen LogP) is 1.69. The van der Waals surface area contributed by atoms with E-state index >= 15 is 0 Å². The number of amides is 1. The SMILES string of the molecule is NS(=O)(=O)c1ccc(CCNC(=O)c2ccc(N3CCCCC3)nc2)cc1. The van der Waals surface area contributed by atoms with Gasteiger partial charge in [0.05, 0.1) is 10.5 Å². The Morgan fingerprint density at radius 1 is 1.07 bits per heavy atom. The first-order chi connectivity index (χ1) is 12.9. The van der Waals surface area contributed by atoms with Gasteiger partial charge in [-0.25, -0.2) is 18.5 Å². The number of primary sulfonamides is 1. The second-order valence-electron chi connectivity index (χ2n) is 6.65. The molecule has 27 heavy (non-hydrogen) atoms. The molecule has 3 rings (SSSR count). The van der Waals surface area contributed by atoms with Gasteiger partial charge in [-0.1, -0.05) is 12.1 Å². The molecule has 0 unspecified atom stereocenters. The molecule has 1 aliphatic rings. The van der Waals surface area contributed by atoms with Gasteiger partial charge >= 0.3 is 0 Å². The first-order valence-electron chi connectivity index (χ1n) is 9.04. The number of aromatic nitrogens is 1. The van der Waals surface area contributed by atoms with E-state index in [1.54, 1.807) is 24.4 Å². The van der Waals surface area contributed by atoms with Crippen LogP contribution in [0.15, 0.2) is 47.5 Å². The summed E-state index contributed by atoms with van der Waals surface area (Å²) in [5.41, 5.74) is 1.45. The maximum atomic E-state index is 12.2. The van der Waals surface area contributed by atoms with Crippen LogP contribution in [0.25, 0.3) is 0 Å². The Morgan fingerprint density at radius 3 is 2.37 bits per heavy atom. The van der Waals surface area contributed by atoms with Gasteiger partial charge in [-0.3, -0.25) is 4.79 Å². The summed E-state index contributed by atoms with van der Waals surface area (Å²) in [6.45, 7) is 2.48. The molecule has 7 nitrogen and oxygen atoms in total. The van der Waals surface area contributed by atoms with Crippen LogP contribution in [0.1, 0.15) is 35.2 Å². The third-order valence-electron chi connectivity index (χ3n) is 4.64. The Balaban J connectivity index is 1.50. The van der Waals surface area contributed by atoms with Gasteiger partial charge in [0.2, 0.25) is 10.0 Å². The molecule has 1 fully saturated rings. The summed E-state index contributed by atoms with van der Waals surface area (Å²) in [5.74, 6) is 0.745. The van der Waals surface area contributed by atoms with Gasteiger partial charge in [0.25, 0.3) is 5.91 Å². The standard InChI is InChI=1S/C19H24N4O3S/c20-27(25,26)17-7-4-15(5-8-17)10-11-21-19(24)16-6-9-18(22-14-16)23-12-2-1-3-13-23/h4-9,14H,1-3,10-13H2,(H,21,24)(H2,20,25,26). The van der Waals surface area contributed by atoms with Crippen LogP contribution in [-0.2, 0) is 16.4 Å². The van der Waals surface area contributed by atoms with E-state index in [0.717, 1.165) is 24.5 Å². The van der Waals surface area contributed by atoms with Crippen LogP contribution in [0.5, 0.6) is 0 Å². The minimum Gasteiger partial charge on any atom is -0.357 e. The number of rotatable bonds is 6. The van der Waals surface area contributed by atoms with Gasteiger partial charge in [-0.15, -0.1) is 0 Å². The van der Waals surface area contributed by atoms with E-state index < -0.39 is 10.0 Å². The Bertz CT molecular complexity index is 874. The first kappa shape index (κ1) is 19.3. The van der Waals surface area contributed by atoms with Gasteiger partial charge in [-0.2, -0.15) is 0 Å². The predicted molar refractivity (Wildman–Crippen MR) is 104 cm³/mol. The zero-order valence-electron chi connectivity index (χ0n) is 15.1. The van der Waals surface area contributed by atoms with E-state index in [0.29, 0.717) is 18.5 Å². The molecule has 0 atom stereocenters. The van der Waals surface area contributed by atoms with Crippen molar-refractivity contribution in [3.63, 3.8) is 0 Å². The lowest BCUT2D eigenvalue weighted by Gasteiger charge is -2.27. The molecule has 0 bridgehead atoms. The van der Waals surface area contributed by atoms with E-state index in [1.807, 2.05) is 6.07 Å². The van der Waals surface area contributed by atoms with E-state index in [-0.39, 0.29) is 10.8 Å². The Kier molecular flexibility index (Phi) is 6.08. The van der Waals surface area contributed by atoms with Gasteiger partial charge in [0.1, 0.15) is 5.82 Å². The molecule has 1 amide bonds. The molecule has 0 aliphatic carbocycles. The van der Waals surface area contributed by atoms with E-state index in [4.69, 9.17) is 5.14 Å². The molecule has 1 aromatic carbocycles. The number of anilines is 1. The van der Waals surface area contributed by atoms with Crippen molar-refractivity contribution < 1.29 is 13.2 Å². The fourth-order valence-corrected chi connectivity index (χ4v) is 3.61. The Morgan fingerprint density at radius 2 is 1.78 bits per heavy atom. The highest BCUT2D eigenvalue weighted by molar-refractivity contribution is 7.89. The Hall–Kier alpha value is -2.45.